The summed E-state index contributed by atoms with van der Waals surface area (Å²) < 4.78 is 0. The van der Waals surface area contributed by atoms with Crippen LogP contribution < -0.4 is 0 Å². The van der Waals surface area contributed by atoms with Gasteiger partial charge in [-0.1, -0.05) is 0 Å². The Labute approximate surface area is 91.0 Å². The molecular formula is C7H11NO2S3. The Morgan fingerprint density at radius 2 is 2.31 bits per heavy atom. The van der Waals surface area contributed by atoms with Crippen LogP contribution in [0.3, 0.4) is 0 Å². The predicted octanol–water partition coefficient (Wildman–Crippen LogP) is 0.817. The van der Waals surface area contributed by atoms with Crippen molar-refractivity contribution < 1.29 is 9.90 Å². The highest BCUT2D eigenvalue weighted by molar-refractivity contribution is 8.05. The average molecular weight is 237 g/mol. The second kappa shape index (κ2) is 3.92. The van der Waals surface area contributed by atoms with Crippen molar-refractivity contribution in [2.24, 2.45) is 0 Å². The molecule has 1 N–H and O–H groups in total. The molecule has 2 aliphatic rings. The van der Waals surface area contributed by atoms with Gasteiger partial charge in [0, 0.05) is 17.3 Å². The number of fused-ring (bicyclic) bond motifs is 1. The molecule has 0 aromatic rings. The Hall–Kier alpha value is 0.480. The molecule has 0 radical (unpaired) electrons. The van der Waals surface area contributed by atoms with Gasteiger partial charge in [0.1, 0.15) is 6.04 Å². The van der Waals surface area contributed by atoms with E-state index in [-0.39, 0.29) is 6.04 Å². The summed E-state index contributed by atoms with van der Waals surface area (Å²) >= 11 is 7.82. The second-order valence-corrected chi connectivity index (χ2v) is 5.85. The minimum atomic E-state index is -0.690. The minimum Gasteiger partial charge on any atom is -0.480 e. The fourth-order valence-electron chi connectivity index (χ4n) is 1.72. The molecule has 3 nitrogen and oxygen atoms in total. The first-order chi connectivity index (χ1) is 6.24. The highest BCUT2D eigenvalue weighted by Gasteiger charge is 2.46. The third-order valence-corrected chi connectivity index (χ3v) is 5.75. The fourth-order valence-corrected chi connectivity index (χ4v) is 5.24. The van der Waals surface area contributed by atoms with Gasteiger partial charge in [-0.3, -0.25) is 9.69 Å². The van der Waals surface area contributed by atoms with Gasteiger partial charge in [0.25, 0.3) is 0 Å². The summed E-state index contributed by atoms with van der Waals surface area (Å²) in [4.78, 5) is 13.0. The van der Waals surface area contributed by atoms with Crippen LogP contribution in [0.4, 0.5) is 0 Å². The van der Waals surface area contributed by atoms with Crippen molar-refractivity contribution in [1.29, 1.82) is 0 Å². The molecule has 0 bridgehead atoms. The maximum absolute atomic E-state index is 10.9. The van der Waals surface area contributed by atoms with Crippen molar-refractivity contribution in [3.63, 3.8) is 0 Å². The third-order valence-electron chi connectivity index (χ3n) is 2.34. The van der Waals surface area contributed by atoms with Gasteiger partial charge in [0.15, 0.2) is 0 Å². The lowest BCUT2D eigenvalue weighted by atomic mass is 10.3. The van der Waals surface area contributed by atoms with Crippen molar-refractivity contribution in [3.05, 3.63) is 0 Å². The van der Waals surface area contributed by atoms with Gasteiger partial charge >= 0.3 is 5.97 Å². The SMILES string of the molecule is O=C(O)[C@@H]1CS[C@H]2CS[C@H](CS)N21. The summed E-state index contributed by atoms with van der Waals surface area (Å²) in [6.45, 7) is 0. The Kier molecular flexibility index (Phi) is 3.02. The lowest BCUT2D eigenvalue weighted by Gasteiger charge is -2.24. The van der Waals surface area contributed by atoms with Gasteiger partial charge in [0.05, 0.1) is 10.7 Å². The van der Waals surface area contributed by atoms with E-state index in [1.165, 1.54) is 0 Å². The molecule has 0 saturated carbocycles. The van der Waals surface area contributed by atoms with E-state index in [0.717, 1.165) is 17.3 Å². The first-order valence-corrected chi connectivity index (χ1v) is 6.81. The van der Waals surface area contributed by atoms with E-state index < -0.39 is 5.97 Å². The Morgan fingerprint density at radius 1 is 1.54 bits per heavy atom. The lowest BCUT2D eigenvalue weighted by molar-refractivity contribution is -0.142. The zero-order chi connectivity index (χ0) is 9.42. The van der Waals surface area contributed by atoms with Gasteiger partial charge in [-0.15, -0.1) is 23.5 Å². The Morgan fingerprint density at radius 3 is 2.92 bits per heavy atom. The summed E-state index contributed by atoms with van der Waals surface area (Å²) in [6.07, 6.45) is 0. The van der Waals surface area contributed by atoms with E-state index in [2.05, 4.69) is 17.5 Å². The number of thiol groups is 1. The molecule has 2 fully saturated rings. The summed E-state index contributed by atoms with van der Waals surface area (Å²) in [6, 6.07) is -0.290. The van der Waals surface area contributed by atoms with E-state index in [1.807, 2.05) is 11.8 Å². The summed E-state index contributed by atoms with van der Waals surface area (Å²) in [5, 5.41) is 9.69. The van der Waals surface area contributed by atoms with Crippen molar-refractivity contribution in [2.45, 2.75) is 16.8 Å². The topological polar surface area (TPSA) is 40.5 Å². The molecule has 0 aliphatic carbocycles. The number of hydrogen-bond acceptors (Lipinski definition) is 5. The molecule has 13 heavy (non-hydrogen) atoms. The summed E-state index contributed by atoms with van der Waals surface area (Å²) in [5.41, 5.74) is 0. The van der Waals surface area contributed by atoms with E-state index >= 15 is 0 Å². The normalized spacial score (nSPS) is 39.3. The zero-order valence-corrected chi connectivity index (χ0v) is 9.45. The molecule has 0 aromatic carbocycles. The van der Waals surface area contributed by atoms with Crippen LogP contribution >= 0.6 is 36.2 Å². The molecular weight excluding hydrogens is 226 g/mol. The maximum atomic E-state index is 10.9. The quantitative estimate of drug-likeness (QED) is 0.696. The predicted molar refractivity (Wildman–Crippen MR) is 59.6 cm³/mol. The van der Waals surface area contributed by atoms with Crippen LogP contribution in [0.1, 0.15) is 0 Å². The first kappa shape index (κ1) is 10.0. The molecule has 6 heteroatoms. The number of rotatable bonds is 2. The van der Waals surface area contributed by atoms with Crippen LogP contribution in [0.2, 0.25) is 0 Å². The van der Waals surface area contributed by atoms with Crippen LogP contribution in [-0.2, 0) is 4.79 Å². The van der Waals surface area contributed by atoms with E-state index in [1.54, 1.807) is 11.8 Å². The first-order valence-electron chi connectivity index (χ1n) is 4.08. The van der Waals surface area contributed by atoms with Crippen LogP contribution in [0.5, 0.6) is 0 Å². The van der Waals surface area contributed by atoms with Crippen molar-refractivity contribution in [2.75, 3.05) is 17.3 Å². The van der Waals surface area contributed by atoms with E-state index in [0.29, 0.717) is 10.7 Å². The summed E-state index contributed by atoms with van der Waals surface area (Å²) in [5.74, 6) is 1.82. The standard InChI is InChI=1S/C7H11NO2S3/c9-7(10)4-2-12-6-3-13-5(1-11)8(4)6/h4-6,11H,1-3H2,(H,9,10)/t4-,5+,6-/m0/s1. The lowest BCUT2D eigenvalue weighted by Crippen LogP contribution is -2.43. The molecule has 3 atom stereocenters. The smallest absolute Gasteiger partial charge is 0.321 e. The zero-order valence-electron chi connectivity index (χ0n) is 6.92. The largest absolute Gasteiger partial charge is 0.480 e. The van der Waals surface area contributed by atoms with Gasteiger partial charge in [0.2, 0.25) is 0 Å². The van der Waals surface area contributed by atoms with Gasteiger partial charge in [-0.05, 0) is 0 Å². The fraction of sp³-hybridized carbons (Fsp3) is 0.857. The van der Waals surface area contributed by atoms with Crippen molar-refractivity contribution in [1.82, 2.24) is 4.90 Å². The molecule has 0 unspecified atom stereocenters. The van der Waals surface area contributed by atoms with Crippen molar-refractivity contribution in [3.8, 4) is 0 Å². The number of hydrogen-bond donors (Lipinski definition) is 2. The van der Waals surface area contributed by atoms with Crippen molar-refractivity contribution >= 4 is 42.1 Å². The van der Waals surface area contributed by atoms with Gasteiger partial charge in [-0.2, -0.15) is 12.6 Å². The summed E-state index contributed by atoms with van der Waals surface area (Å²) in [7, 11) is 0. The number of aliphatic carboxylic acids is 1. The highest BCUT2D eigenvalue weighted by Crippen LogP contribution is 2.42. The second-order valence-electron chi connectivity index (χ2n) is 3.06. The van der Waals surface area contributed by atoms with Crippen LogP contribution in [-0.4, -0.2) is 50.0 Å². The molecule has 0 aromatic heterocycles. The number of carboxylic acid groups (broad SMARTS) is 1. The monoisotopic (exact) mass is 237 g/mol. The van der Waals surface area contributed by atoms with Crippen LogP contribution in [0.15, 0.2) is 0 Å². The van der Waals surface area contributed by atoms with E-state index in [4.69, 9.17) is 5.11 Å². The van der Waals surface area contributed by atoms with E-state index in [9.17, 15) is 4.79 Å². The van der Waals surface area contributed by atoms with Crippen LogP contribution in [0.25, 0.3) is 0 Å². The minimum absolute atomic E-state index is 0.290. The van der Waals surface area contributed by atoms with Crippen LogP contribution in [0, 0.1) is 0 Å². The average Bonchev–Trinajstić information content (AvgIpc) is 2.61. The maximum Gasteiger partial charge on any atom is 0.321 e. The number of carbonyl (C=O) groups is 1. The molecule has 2 aliphatic heterocycles. The highest BCUT2D eigenvalue weighted by atomic mass is 32.2. The number of thioether (sulfide) groups is 2. The molecule has 0 amide bonds. The molecule has 74 valence electrons. The van der Waals surface area contributed by atoms with Gasteiger partial charge in [-0.25, -0.2) is 0 Å². The number of nitrogens with zero attached hydrogens (tertiary/aromatic N) is 1. The Bertz CT molecular complexity index is 226. The number of carboxylic acids is 1. The third kappa shape index (κ3) is 1.69. The molecule has 0 spiro atoms. The van der Waals surface area contributed by atoms with Gasteiger partial charge < -0.3 is 5.11 Å². The Balaban J connectivity index is 2.12. The molecule has 2 heterocycles. The molecule has 2 saturated heterocycles. The molecule has 2 rings (SSSR count).